The second kappa shape index (κ2) is 5.90. The Bertz CT molecular complexity index is 634. The van der Waals surface area contributed by atoms with Crippen molar-refractivity contribution in [2.45, 2.75) is 44.7 Å². The summed E-state index contributed by atoms with van der Waals surface area (Å²) in [6, 6.07) is 7.97. The molecule has 3 unspecified atom stereocenters. The second-order valence-corrected chi connectivity index (χ2v) is 6.07. The van der Waals surface area contributed by atoms with Crippen molar-refractivity contribution < 1.29 is 4.79 Å². The van der Waals surface area contributed by atoms with Crippen LogP contribution in [0.2, 0.25) is 0 Å². The Labute approximate surface area is 125 Å². The van der Waals surface area contributed by atoms with Crippen LogP contribution in [0.4, 0.5) is 0 Å². The van der Waals surface area contributed by atoms with Crippen LogP contribution in [-0.2, 0) is 11.2 Å². The fourth-order valence-corrected chi connectivity index (χ4v) is 3.03. The second-order valence-electron chi connectivity index (χ2n) is 6.07. The van der Waals surface area contributed by atoms with Crippen LogP contribution in [0.1, 0.15) is 31.7 Å². The van der Waals surface area contributed by atoms with Gasteiger partial charge in [-0.05, 0) is 36.8 Å². The van der Waals surface area contributed by atoms with Crippen molar-refractivity contribution in [2.24, 2.45) is 11.7 Å². The first-order chi connectivity index (χ1) is 10.2. The molecule has 21 heavy (non-hydrogen) atoms. The molecule has 4 nitrogen and oxygen atoms in total. The molecule has 0 radical (unpaired) electrons. The Morgan fingerprint density at radius 1 is 1.48 bits per heavy atom. The van der Waals surface area contributed by atoms with Gasteiger partial charge in [0.25, 0.3) is 0 Å². The topological polar surface area (TPSA) is 70.9 Å². The van der Waals surface area contributed by atoms with Crippen LogP contribution in [0.5, 0.6) is 0 Å². The number of amides is 1. The molecule has 2 aromatic rings. The lowest BCUT2D eigenvalue weighted by molar-refractivity contribution is -0.122. The minimum Gasteiger partial charge on any atom is -0.361 e. The molecule has 0 spiro atoms. The Kier molecular flexibility index (Phi) is 3.97. The number of hydrogen-bond donors (Lipinski definition) is 3. The van der Waals surface area contributed by atoms with Gasteiger partial charge in [0.05, 0.1) is 6.04 Å². The maximum atomic E-state index is 12.2. The van der Waals surface area contributed by atoms with Gasteiger partial charge in [-0.3, -0.25) is 4.79 Å². The summed E-state index contributed by atoms with van der Waals surface area (Å²) in [5.41, 5.74) is 8.26. The van der Waals surface area contributed by atoms with Crippen LogP contribution < -0.4 is 11.1 Å². The van der Waals surface area contributed by atoms with Crippen LogP contribution in [0.3, 0.4) is 0 Å². The van der Waals surface area contributed by atoms with Crippen molar-refractivity contribution in [3.05, 3.63) is 36.0 Å². The standard InChI is InChI=1S/C17H23N3O/c1-2-5-11-9-16(11)20-17(21)14(18)8-12-10-19-15-7-4-3-6-13(12)15/h3-4,6-7,10-11,14,16,19H,2,5,8-9,18H2,1H3,(H,20,21). The summed E-state index contributed by atoms with van der Waals surface area (Å²) in [6.07, 6.45) is 6.01. The number of hydrogen-bond acceptors (Lipinski definition) is 2. The number of carbonyl (C=O) groups excluding carboxylic acids is 1. The van der Waals surface area contributed by atoms with Crippen LogP contribution in [0.25, 0.3) is 10.9 Å². The molecular weight excluding hydrogens is 262 g/mol. The number of aromatic nitrogens is 1. The largest absolute Gasteiger partial charge is 0.361 e. The molecule has 1 heterocycles. The fourth-order valence-electron chi connectivity index (χ4n) is 3.03. The van der Waals surface area contributed by atoms with Gasteiger partial charge in [-0.2, -0.15) is 0 Å². The molecule has 3 rings (SSSR count). The Morgan fingerprint density at radius 3 is 3.10 bits per heavy atom. The molecule has 1 aromatic heterocycles. The average Bonchev–Trinajstić information content (AvgIpc) is 3.08. The summed E-state index contributed by atoms with van der Waals surface area (Å²) >= 11 is 0. The Balaban J connectivity index is 1.58. The molecular formula is C17H23N3O. The van der Waals surface area contributed by atoms with E-state index in [1.54, 1.807) is 0 Å². The predicted octanol–water partition coefficient (Wildman–Crippen LogP) is 2.34. The minimum atomic E-state index is -0.480. The van der Waals surface area contributed by atoms with Crippen LogP contribution >= 0.6 is 0 Å². The first-order valence-electron chi connectivity index (χ1n) is 7.80. The maximum Gasteiger partial charge on any atom is 0.237 e. The zero-order valence-corrected chi connectivity index (χ0v) is 12.4. The Morgan fingerprint density at radius 2 is 2.29 bits per heavy atom. The fraction of sp³-hybridized carbons (Fsp3) is 0.471. The monoisotopic (exact) mass is 285 g/mol. The van der Waals surface area contributed by atoms with Gasteiger partial charge in [0, 0.05) is 23.1 Å². The molecule has 3 atom stereocenters. The van der Waals surface area contributed by atoms with Crippen LogP contribution in [0, 0.1) is 5.92 Å². The van der Waals surface area contributed by atoms with Crippen molar-refractivity contribution in [1.29, 1.82) is 0 Å². The van der Waals surface area contributed by atoms with E-state index in [2.05, 4.69) is 23.3 Å². The van der Waals surface area contributed by atoms with Crippen molar-refractivity contribution in [2.75, 3.05) is 0 Å². The molecule has 4 heteroatoms. The van der Waals surface area contributed by atoms with Crippen molar-refractivity contribution in [3.8, 4) is 0 Å². The molecule has 0 saturated heterocycles. The highest BCUT2D eigenvalue weighted by molar-refractivity contribution is 5.86. The van der Waals surface area contributed by atoms with Gasteiger partial charge in [0.1, 0.15) is 0 Å². The zero-order chi connectivity index (χ0) is 14.8. The third kappa shape index (κ3) is 3.10. The van der Waals surface area contributed by atoms with Gasteiger partial charge in [-0.1, -0.05) is 31.5 Å². The molecule has 1 aliphatic carbocycles. The number of H-pyrrole nitrogens is 1. The van der Waals surface area contributed by atoms with Gasteiger partial charge >= 0.3 is 0 Å². The van der Waals surface area contributed by atoms with E-state index in [0.29, 0.717) is 18.4 Å². The quantitative estimate of drug-likeness (QED) is 0.762. The van der Waals surface area contributed by atoms with Crippen molar-refractivity contribution >= 4 is 16.8 Å². The van der Waals surface area contributed by atoms with E-state index in [-0.39, 0.29) is 5.91 Å². The highest BCUT2D eigenvalue weighted by Crippen LogP contribution is 2.34. The molecule has 1 amide bonds. The summed E-state index contributed by atoms with van der Waals surface area (Å²) in [7, 11) is 0. The van der Waals surface area contributed by atoms with Crippen LogP contribution in [-0.4, -0.2) is 23.0 Å². The summed E-state index contributed by atoms with van der Waals surface area (Å²) in [5, 5.41) is 4.22. The minimum absolute atomic E-state index is 0.0242. The highest BCUT2D eigenvalue weighted by Gasteiger charge is 2.37. The van der Waals surface area contributed by atoms with E-state index in [9.17, 15) is 4.79 Å². The van der Waals surface area contributed by atoms with E-state index >= 15 is 0 Å². The average molecular weight is 285 g/mol. The number of carbonyl (C=O) groups is 1. The van der Waals surface area contributed by atoms with E-state index < -0.39 is 6.04 Å². The van der Waals surface area contributed by atoms with Gasteiger partial charge in [-0.25, -0.2) is 0 Å². The lowest BCUT2D eigenvalue weighted by Gasteiger charge is -2.12. The van der Waals surface area contributed by atoms with Gasteiger partial charge in [0.2, 0.25) is 5.91 Å². The molecule has 0 bridgehead atoms. The molecule has 4 N–H and O–H groups in total. The first-order valence-corrected chi connectivity index (χ1v) is 7.80. The normalized spacial score (nSPS) is 22.2. The summed E-state index contributed by atoms with van der Waals surface area (Å²) < 4.78 is 0. The van der Waals surface area contributed by atoms with E-state index in [0.717, 1.165) is 22.9 Å². The van der Waals surface area contributed by atoms with Gasteiger partial charge < -0.3 is 16.0 Å². The number of aromatic amines is 1. The molecule has 1 saturated carbocycles. The smallest absolute Gasteiger partial charge is 0.237 e. The predicted molar refractivity (Wildman–Crippen MR) is 84.9 cm³/mol. The number of nitrogens with one attached hydrogen (secondary N) is 2. The van der Waals surface area contributed by atoms with Gasteiger partial charge in [-0.15, -0.1) is 0 Å². The summed E-state index contributed by atoms with van der Waals surface area (Å²) in [6.45, 7) is 2.18. The molecule has 112 valence electrons. The molecule has 0 aliphatic heterocycles. The van der Waals surface area contributed by atoms with E-state index in [1.165, 1.54) is 12.8 Å². The van der Waals surface area contributed by atoms with E-state index in [4.69, 9.17) is 5.73 Å². The van der Waals surface area contributed by atoms with Crippen LogP contribution in [0.15, 0.2) is 30.5 Å². The summed E-state index contributed by atoms with van der Waals surface area (Å²) in [4.78, 5) is 15.4. The van der Waals surface area contributed by atoms with Crippen molar-refractivity contribution in [3.63, 3.8) is 0 Å². The van der Waals surface area contributed by atoms with E-state index in [1.807, 2.05) is 24.4 Å². The lowest BCUT2D eigenvalue weighted by Crippen LogP contribution is -2.43. The zero-order valence-electron chi connectivity index (χ0n) is 12.4. The lowest BCUT2D eigenvalue weighted by atomic mass is 10.1. The molecule has 1 aromatic carbocycles. The SMILES string of the molecule is CCCC1CC1NC(=O)C(N)Cc1c[nH]c2ccccc12. The summed E-state index contributed by atoms with van der Waals surface area (Å²) in [5.74, 6) is 0.642. The number of rotatable bonds is 6. The number of benzene rings is 1. The number of para-hydroxylation sites is 1. The highest BCUT2D eigenvalue weighted by atomic mass is 16.2. The van der Waals surface area contributed by atoms with Gasteiger partial charge in [0.15, 0.2) is 0 Å². The molecule has 1 aliphatic rings. The Hall–Kier alpha value is -1.81. The third-order valence-electron chi connectivity index (χ3n) is 4.36. The molecule has 1 fully saturated rings. The number of nitrogens with two attached hydrogens (primary N) is 1. The van der Waals surface area contributed by atoms with Crippen molar-refractivity contribution in [1.82, 2.24) is 10.3 Å². The number of fused-ring (bicyclic) bond motifs is 1. The third-order valence-corrected chi connectivity index (χ3v) is 4.36. The maximum absolute atomic E-state index is 12.2. The first kappa shape index (κ1) is 14.1.